The standard InChI is InChI=1S/C11H13BrN2O3S/c12-9-2-1-4-13-11(9)14-10(15)6-8-3-5-18(16,17)7-8/h1-2,4,8H,3,5-7H2,(H,13,14,15). The summed E-state index contributed by atoms with van der Waals surface area (Å²) >= 11 is 3.28. The minimum absolute atomic E-state index is 0.0718. The molecular weight excluding hydrogens is 320 g/mol. The fourth-order valence-electron chi connectivity index (χ4n) is 1.96. The number of halogens is 1. The highest BCUT2D eigenvalue weighted by atomic mass is 79.9. The Morgan fingerprint density at radius 3 is 2.94 bits per heavy atom. The minimum atomic E-state index is -2.93. The van der Waals surface area contributed by atoms with Gasteiger partial charge in [0.1, 0.15) is 5.82 Å². The number of pyridine rings is 1. The summed E-state index contributed by atoms with van der Waals surface area (Å²) in [5.74, 6) is 0.500. The summed E-state index contributed by atoms with van der Waals surface area (Å²) in [6.45, 7) is 0. The molecule has 1 atom stereocenters. The highest BCUT2D eigenvalue weighted by molar-refractivity contribution is 9.10. The SMILES string of the molecule is O=C(CC1CCS(=O)(=O)C1)Nc1ncccc1Br. The molecule has 5 nitrogen and oxygen atoms in total. The van der Waals surface area contributed by atoms with Crippen molar-refractivity contribution in [1.82, 2.24) is 4.98 Å². The largest absolute Gasteiger partial charge is 0.310 e. The Hall–Kier alpha value is -0.950. The maximum Gasteiger partial charge on any atom is 0.225 e. The highest BCUT2D eigenvalue weighted by Gasteiger charge is 2.29. The van der Waals surface area contributed by atoms with E-state index in [1.165, 1.54) is 0 Å². The first kappa shape index (κ1) is 13.5. The van der Waals surface area contributed by atoms with Crippen LogP contribution in [0.5, 0.6) is 0 Å². The van der Waals surface area contributed by atoms with Gasteiger partial charge in [-0.1, -0.05) is 0 Å². The number of rotatable bonds is 3. The maximum absolute atomic E-state index is 11.8. The van der Waals surface area contributed by atoms with Crippen LogP contribution in [0.15, 0.2) is 22.8 Å². The molecule has 1 amide bonds. The molecule has 0 bridgehead atoms. The Morgan fingerprint density at radius 2 is 2.33 bits per heavy atom. The van der Waals surface area contributed by atoms with Gasteiger partial charge in [0.05, 0.1) is 16.0 Å². The van der Waals surface area contributed by atoms with Crippen LogP contribution >= 0.6 is 15.9 Å². The van der Waals surface area contributed by atoms with E-state index in [1.54, 1.807) is 18.3 Å². The molecule has 1 aromatic heterocycles. The number of amides is 1. The van der Waals surface area contributed by atoms with Crippen molar-refractivity contribution >= 4 is 37.5 Å². The maximum atomic E-state index is 11.8. The van der Waals surface area contributed by atoms with Crippen LogP contribution in [0.4, 0.5) is 5.82 Å². The van der Waals surface area contributed by atoms with Crippen molar-refractivity contribution in [3.8, 4) is 0 Å². The first-order valence-corrected chi connectivity index (χ1v) is 8.18. The molecule has 1 unspecified atom stereocenters. The van der Waals surface area contributed by atoms with E-state index >= 15 is 0 Å². The Kier molecular flexibility index (Phi) is 4.01. The Labute approximate surface area is 114 Å². The molecule has 1 saturated heterocycles. The van der Waals surface area contributed by atoms with Crippen LogP contribution in [0.1, 0.15) is 12.8 Å². The van der Waals surface area contributed by atoms with Gasteiger partial charge in [0, 0.05) is 12.6 Å². The number of carbonyl (C=O) groups is 1. The number of aromatic nitrogens is 1. The normalized spacial score (nSPS) is 21.7. The molecule has 2 rings (SSSR count). The number of sulfone groups is 1. The van der Waals surface area contributed by atoms with Crippen LogP contribution in [0.2, 0.25) is 0 Å². The van der Waals surface area contributed by atoms with Crippen LogP contribution in [-0.2, 0) is 14.6 Å². The molecule has 7 heteroatoms. The summed E-state index contributed by atoms with van der Waals surface area (Å²) in [6.07, 6.45) is 2.38. The number of carbonyl (C=O) groups excluding carboxylic acids is 1. The van der Waals surface area contributed by atoms with E-state index in [9.17, 15) is 13.2 Å². The lowest BCUT2D eigenvalue weighted by Gasteiger charge is -2.09. The van der Waals surface area contributed by atoms with Gasteiger partial charge in [-0.05, 0) is 40.4 Å². The van der Waals surface area contributed by atoms with Crippen molar-refractivity contribution in [2.24, 2.45) is 5.92 Å². The molecule has 0 aromatic carbocycles. The first-order chi connectivity index (χ1) is 8.46. The lowest BCUT2D eigenvalue weighted by atomic mass is 10.1. The Balaban J connectivity index is 1.92. The monoisotopic (exact) mass is 332 g/mol. The molecule has 0 radical (unpaired) electrons. The second-order valence-corrected chi connectivity index (χ2v) is 7.44. The van der Waals surface area contributed by atoms with Crippen LogP contribution in [0.25, 0.3) is 0 Å². The van der Waals surface area contributed by atoms with E-state index in [2.05, 4.69) is 26.2 Å². The van der Waals surface area contributed by atoms with Gasteiger partial charge in [-0.3, -0.25) is 4.79 Å². The van der Waals surface area contributed by atoms with Crippen molar-refractivity contribution in [3.05, 3.63) is 22.8 Å². The smallest absolute Gasteiger partial charge is 0.225 e. The predicted molar refractivity (Wildman–Crippen MR) is 71.9 cm³/mol. The van der Waals surface area contributed by atoms with E-state index in [0.717, 1.165) is 0 Å². The van der Waals surface area contributed by atoms with Gasteiger partial charge in [0.2, 0.25) is 5.91 Å². The molecule has 0 aliphatic carbocycles. The van der Waals surface area contributed by atoms with Crippen molar-refractivity contribution in [2.45, 2.75) is 12.8 Å². The molecule has 98 valence electrons. The van der Waals surface area contributed by atoms with Crippen molar-refractivity contribution in [3.63, 3.8) is 0 Å². The van der Waals surface area contributed by atoms with Gasteiger partial charge in [-0.15, -0.1) is 0 Å². The molecule has 1 aliphatic heterocycles. The number of nitrogens with zero attached hydrogens (tertiary/aromatic N) is 1. The molecule has 2 heterocycles. The molecule has 1 aliphatic rings. The highest BCUT2D eigenvalue weighted by Crippen LogP contribution is 2.23. The predicted octanol–water partition coefficient (Wildman–Crippen LogP) is 1.61. The lowest BCUT2D eigenvalue weighted by Crippen LogP contribution is -2.18. The lowest BCUT2D eigenvalue weighted by molar-refractivity contribution is -0.116. The van der Waals surface area contributed by atoms with Gasteiger partial charge < -0.3 is 5.32 Å². The van der Waals surface area contributed by atoms with E-state index in [0.29, 0.717) is 16.7 Å². The zero-order valence-electron chi connectivity index (χ0n) is 9.60. The van der Waals surface area contributed by atoms with E-state index in [4.69, 9.17) is 0 Å². The van der Waals surface area contributed by atoms with Crippen LogP contribution in [0, 0.1) is 5.92 Å². The van der Waals surface area contributed by atoms with Gasteiger partial charge in [0.15, 0.2) is 9.84 Å². The molecule has 1 N–H and O–H groups in total. The summed E-state index contributed by atoms with van der Waals surface area (Å²) in [6, 6.07) is 3.53. The molecule has 18 heavy (non-hydrogen) atoms. The van der Waals surface area contributed by atoms with E-state index < -0.39 is 9.84 Å². The molecule has 1 fully saturated rings. The average Bonchev–Trinajstić information content (AvgIpc) is 2.61. The van der Waals surface area contributed by atoms with Crippen molar-refractivity contribution in [2.75, 3.05) is 16.8 Å². The third-order valence-corrected chi connectivity index (χ3v) is 5.29. The number of anilines is 1. The molecule has 1 aromatic rings. The number of hydrogen-bond acceptors (Lipinski definition) is 4. The minimum Gasteiger partial charge on any atom is -0.310 e. The van der Waals surface area contributed by atoms with Crippen molar-refractivity contribution in [1.29, 1.82) is 0 Å². The van der Waals surface area contributed by atoms with Crippen LogP contribution < -0.4 is 5.32 Å². The van der Waals surface area contributed by atoms with Gasteiger partial charge in [-0.2, -0.15) is 0 Å². The summed E-state index contributed by atoms with van der Waals surface area (Å²) in [4.78, 5) is 15.8. The van der Waals surface area contributed by atoms with E-state index in [-0.39, 0.29) is 29.8 Å². The third-order valence-electron chi connectivity index (χ3n) is 2.82. The number of hydrogen-bond donors (Lipinski definition) is 1. The zero-order chi connectivity index (χ0) is 13.2. The zero-order valence-corrected chi connectivity index (χ0v) is 12.0. The summed E-state index contributed by atoms with van der Waals surface area (Å²) in [5, 5.41) is 2.67. The fraction of sp³-hybridized carbons (Fsp3) is 0.455. The molecular formula is C11H13BrN2O3S. The third kappa shape index (κ3) is 3.52. The summed E-state index contributed by atoms with van der Waals surface area (Å²) < 4.78 is 23.3. The summed E-state index contributed by atoms with van der Waals surface area (Å²) in [5.41, 5.74) is 0. The second kappa shape index (κ2) is 5.36. The summed E-state index contributed by atoms with van der Waals surface area (Å²) in [7, 11) is -2.93. The Morgan fingerprint density at radius 1 is 1.56 bits per heavy atom. The van der Waals surface area contributed by atoms with Gasteiger partial charge >= 0.3 is 0 Å². The van der Waals surface area contributed by atoms with Gasteiger partial charge in [-0.25, -0.2) is 13.4 Å². The molecule has 0 spiro atoms. The van der Waals surface area contributed by atoms with Gasteiger partial charge in [0.25, 0.3) is 0 Å². The van der Waals surface area contributed by atoms with Crippen molar-refractivity contribution < 1.29 is 13.2 Å². The second-order valence-electron chi connectivity index (χ2n) is 4.36. The fourth-order valence-corrected chi connectivity index (χ4v) is 4.17. The van der Waals surface area contributed by atoms with E-state index in [1.807, 2.05) is 0 Å². The Bertz CT molecular complexity index is 559. The number of nitrogens with one attached hydrogen (secondary N) is 1. The first-order valence-electron chi connectivity index (χ1n) is 5.57. The van der Waals surface area contributed by atoms with Crippen LogP contribution in [-0.4, -0.2) is 30.8 Å². The average molecular weight is 333 g/mol. The topological polar surface area (TPSA) is 76.1 Å². The van der Waals surface area contributed by atoms with Crippen LogP contribution in [0.3, 0.4) is 0 Å². The molecule has 0 saturated carbocycles. The quantitative estimate of drug-likeness (QED) is 0.912.